The van der Waals surface area contributed by atoms with Crippen molar-refractivity contribution in [2.45, 2.75) is 19.3 Å². The normalized spacial score (nSPS) is 16.9. The maximum Gasteiger partial charge on any atom is 0.344 e. The van der Waals surface area contributed by atoms with Crippen LogP contribution in [0.25, 0.3) is 0 Å². The van der Waals surface area contributed by atoms with E-state index < -0.39 is 5.97 Å². The van der Waals surface area contributed by atoms with E-state index in [4.69, 9.17) is 9.94 Å². The molecule has 0 bridgehead atoms. The molecule has 4 nitrogen and oxygen atoms in total. The van der Waals surface area contributed by atoms with Gasteiger partial charge in [0.05, 0.1) is 5.71 Å². The lowest BCUT2D eigenvalue weighted by molar-refractivity contribution is -0.142. The third-order valence-electron chi connectivity index (χ3n) is 2.58. The quantitative estimate of drug-likeness (QED) is 0.786. The highest BCUT2D eigenvalue weighted by molar-refractivity contribution is 5.88. The Hall–Kier alpha value is -1.84. The second-order valence-corrected chi connectivity index (χ2v) is 3.77. The Morgan fingerprint density at radius 1 is 1.31 bits per heavy atom. The molecule has 0 heterocycles. The van der Waals surface area contributed by atoms with Crippen molar-refractivity contribution in [3.05, 3.63) is 35.4 Å². The zero-order valence-corrected chi connectivity index (χ0v) is 8.85. The fraction of sp³-hybridized carbons (Fsp3) is 0.333. The smallest absolute Gasteiger partial charge is 0.344 e. The Kier molecular flexibility index (Phi) is 3.19. The van der Waals surface area contributed by atoms with Crippen LogP contribution in [0.15, 0.2) is 29.4 Å². The zero-order valence-electron chi connectivity index (χ0n) is 8.85. The van der Waals surface area contributed by atoms with Crippen molar-refractivity contribution >= 4 is 11.7 Å². The van der Waals surface area contributed by atoms with Gasteiger partial charge in [-0.25, -0.2) is 4.79 Å². The Labute approximate surface area is 93.5 Å². The standard InChI is InChI=1S/C12H13NO3/c14-12(15)8-16-13-11-6-5-9-3-1-2-4-10(9)7-11/h1-4H,5-8H2,(H,14,15). The minimum absolute atomic E-state index is 0.370. The van der Waals surface area contributed by atoms with Gasteiger partial charge < -0.3 is 9.94 Å². The summed E-state index contributed by atoms with van der Waals surface area (Å²) in [5, 5.41) is 12.3. The molecule has 0 amide bonds. The highest BCUT2D eigenvalue weighted by Gasteiger charge is 2.13. The summed E-state index contributed by atoms with van der Waals surface area (Å²) in [5.41, 5.74) is 3.52. The number of fused-ring (bicyclic) bond motifs is 1. The average Bonchev–Trinajstić information content (AvgIpc) is 2.28. The first kappa shape index (κ1) is 10.7. The molecule has 1 N–H and O–H groups in total. The first-order chi connectivity index (χ1) is 7.75. The van der Waals surface area contributed by atoms with E-state index in [1.54, 1.807) is 0 Å². The molecule has 0 fully saturated rings. The largest absolute Gasteiger partial charge is 0.479 e. The summed E-state index contributed by atoms with van der Waals surface area (Å²) in [5.74, 6) is -0.999. The number of aryl methyl sites for hydroxylation is 1. The van der Waals surface area contributed by atoms with Gasteiger partial charge in [0.25, 0.3) is 0 Å². The van der Waals surface area contributed by atoms with Crippen molar-refractivity contribution in [2.75, 3.05) is 6.61 Å². The summed E-state index contributed by atoms with van der Waals surface area (Å²) in [7, 11) is 0. The molecule has 0 saturated carbocycles. The Bertz CT molecular complexity index is 426. The fourth-order valence-corrected chi connectivity index (χ4v) is 1.82. The molecule has 0 aliphatic heterocycles. The van der Waals surface area contributed by atoms with Crippen molar-refractivity contribution in [3.8, 4) is 0 Å². The third-order valence-corrected chi connectivity index (χ3v) is 2.58. The SMILES string of the molecule is O=C(O)CON=C1CCc2ccccc2C1. The monoisotopic (exact) mass is 219 g/mol. The van der Waals surface area contributed by atoms with Crippen molar-refractivity contribution in [1.29, 1.82) is 0 Å². The third kappa shape index (κ3) is 2.59. The molecule has 2 rings (SSSR count). The van der Waals surface area contributed by atoms with Crippen molar-refractivity contribution < 1.29 is 14.7 Å². The number of oxime groups is 1. The Morgan fingerprint density at radius 2 is 2.06 bits per heavy atom. The number of hydrogen-bond donors (Lipinski definition) is 1. The van der Waals surface area contributed by atoms with Crippen LogP contribution in [0.1, 0.15) is 17.5 Å². The number of nitrogens with zero attached hydrogens (tertiary/aromatic N) is 1. The Morgan fingerprint density at radius 3 is 2.81 bits per heavy atom. The first-order valence-corrected chi connectivity index (χ1v) is 5.22. The lowest BCUT2D eigenvalue weighted by atomic mass is 9.91. The van der Waals surface area contributed by atoms with Gasteiger partial charge in [-0.05, 0) is 24.0 Å². The molecule has 0 unspecified atom stereocenters. The zero-order chi connectivity index (χ0) is 11.4. The second kappa shape index (κ2) is 4.79. The molecular weight excluding hydrogens is 206 g/mol. The van der Waals surface area contributed by atoms with Crippen LogP contribution in [0.2, 0.25) is 0 Å². The summed E-state index contributed by atoms with van der Waals surface area (Å²) < 4.78 is 0. The van der Waals surface area contributed by atoms with E-state index in [9.17, 15) is 4.79 Å². The van der Waals surface area contributed by atoms with Gasteiger partial charge >= 0.3 is 5.97 Å². The van der Waals surface area contributed by atoms with Crippen molar-refractivity contribution in [3.63, 3.8) is 0 Å². The molecule has 1 aromatic rings. The van der Waals surface area contributed by atoms with Gasteiger partial charge in [-0.15, -0.1) is 0 Å². The van der Waals surface area contributed by atoms with E-state index in [1.807, 2.05) is 12.1 Å². The lowest BCUT2D eigenvalue weighted by Gasteiger charge is -2.16. The lowest BCUT2D eigenvalue weighted by Crippen LogP contribution is -2.15. The van der Waals surface area contributed by atoms with Crippen molar-refractivity contribution in [1.82, 2.24) is 0 Å². The minimum Gasteiger partial charge on any atom is -0.479 e. The van der Waals surface area contributed by atoms with Gasteiger partial charge in [-0.1, -0.05) is 29.4 Å². The van der Waals surface area contributed by atoms with Crippen LogP contribution < -0.4 is 0 Å². The molecule has 1 aromatic carbocycles. The van der Waals surface area contributed by atoms with Crippen LogP contribution in [0.5, 0.6) is 0 Å². The Balaban J connectivity index is 1.99. The summed E-state index contributed by atoms with van der Waals surface area (Å²) in [6, 6.07) is 8.22. The van der Waals surface area contributed by atoms with Gasteiger partial charge in [0, 0.05) is 6.42 Å². The topological polar surface area (TPSA) is 58.9 Å². The number of aliphatic carboxylic acids is 1. The highest BCUT2D eigenvalue weighted by atomic mass is 16.6. The van der Waals surface area contributed by atoms with E-state index in [1.165, 1.54) is 11.1 Å². The molecule has 84 valence electrons. The van der Waals surface area contributed by atoms with Gasteiger partial charge in [0.1, 0.15) is 0 Å². The van der Waals surface area contributed by atoms with E-state index in [0.717, 1.165) is 25.0 Å². The first-order valence-electron chi connectivity index (χ1n) is 5.22. The number of hydrogen-bond acceptors (Lipinski definition) is 3. The predicted molar refractivity (Wildman–Crippen MR) is 59.5 cm³/mol. The molecular formula is C12H13NO3. The number of benzene rings is 1. The number of carbonyl (C=O) groups is 1. The summed E-state index contributed by atoms with van der Waals surface area (Å²) in [6.07, 6.45) is 2.55. The molecule has 1 aliphatic rings. The molecule has 1 aliphatic carbocycles. The maximum absolute atomic E-state index is 10.2. The molecule has 16 heavy (non-hydrogen) atoms. The average molecular weight is 219 g/mol. The van der Waals surface area contributed by atoms with E-state index in [0.29, 0.717) is 0 Å². The van der Waals surface area contributed by atoms with Crippen LogP contribution >= 0.6 is 0 Å². The molecule has 4 heteroatoms. The summed E-state index contributed by atoms with van der Waals surface area (Å²) in [4.78, 5) is 15.0. The molecule has 0 aromatic heterocycles. The van der Waals surface area contributed by atoms with Crippen LogP contribution in [-0.4, -0.2) is 23.4 Å². The maximum atomic E-state index is 10.2. The van der Waals surface area contributed by atoms with Crippen LogP contribution in [-0.2, 0) is 22.5 Å². The number of carboxylic acids is 1. The summed E-state index contributed by atoms with van der Waals surface area (Å²) >= 11 is 0. The van der Waals surface area contributed by atoms with E-state index >= 15 is 0 Å². The van der Waals surface area contributed by atoms with E-state index in [2.05, 4.69) is 17.3 Å². The van der Waals surface area contributed by atoms with Gasteiger partial charge in [-0.3, -0.25) is 0 Å². The van der Waals surface area contributed by atoms with Crippen molar-refractivity contribution in [2.24, 2.45) is 5.16 Å². The predicted octanol–water partition coefficient (Wildman–Crippen LogP) is 1.63. The van der Waals surface area contributed by atoms with Gasteiger partial charge in [-0.2, -0.15) is 0 Å². The van der Waals surface area contributed by atoms with Crippen LogP contribution in [0.4, 0.5) is 0 Å². The summed E-state index contributed by atoms with van der Waals surface area (Å²) in [6.45, 7) is -0.370. The number of carboxylic acid groups (broad SMARTS) is 1. The molecule has 0 saturated heterocycles. The van der Waals surface area contributed by atoms with Gasteiger partial charge in [0.15, 0.2) is 0 Å². The molecule has 0 atom stereocenters. The minimum atomic E-state index is -0.999. The number of rotatable bonds is 3. The van der Waals surface area contributed by atoms with Crippen LogP contribution in [0, 0.1) is 0 Å². The fourth-order valence-electron chi connectivity index (χ4n) is 1.82. The second-order valence-electron chi connectivity index (χ2n) is 3.77. The molecule has 0 radical (unpaired) electrons. The van der Waals surface area contributed by atoms with Crippen LogP contribution in [0.3, 0.4) is 0 Å². The molecule has 0 spiro atoms. The van der Waals surface area contributed by atoms with E-state index in [-0.39, 0.29) is 6.61 Å². The highest BCUT2D eigenvalue weighted by Crippen LogP contribution is 2.19. The van der Waals surface area contributed by atoms with Gasteiger partial charge in [0.2, 0.25) is 6.61 Å².